The van der Waals surface area contributed by atoms with Crippen LogP contribution in [0.3, 0.4) is 0 Å². The van der Waals surface area contributed by atoms with Crippen LogP contribution < -0.4 is 0 Å². The number of hydrogen-bond acceptors (Lipinski definition) is 2. The quantitative estimate of drug-likeness (QED) is 0.852. The molecule has 3 heteroatoms. The summed E-state index contributed by atoms with van der Waals surface area (Å²) in [6, 6.07) is 12.2. The molecule has 0 bridgehead atoms. The number of carboxylic acids is 1. The molecular weight excluding hydrogens is 240 g/mol. The molecule has 19 heavy (non-hydrogen) atoms. The van der Waals surface area contributed by atoms with E-state index in [0.29, 0.717) is 5.56 Å². The molecule has 0 aliphatic rings. The van der Waals surface area contributed by atoms with E-state index in [4.69, 9.17) is 5.11 Å². The van der Waals surface area contributed by atoms with Gasteiger partial charge < -0.3 is 5.11 Å². The molecule has 0 aliphatic carbocycles. The van der Waals surface area contributed by atoms with Gasteiger partial charge in [-0.05, 0) is 48.7 Å². The summed E-state index contributed by atoms with van der Waals surface area (Å²) in [7, 11) is 0. The van der Waals surface area contributed by atoms with E-state index in [1.807, 2.05) is 19.1 Å². The van der Waals surface area contributed by atoms with Crippen molar-refractivity contribution in [2.45, 2.75) is 13.8 Å². The predicted molar refractivity (Wildman–Crippen MR) is 73.6 cm³/mol. The molecule has 0 saturated heterocycles. The fourth-order valence-corrected chi connectivity index (χ4v) is 2.00. The molecule has 0 spiro atoms. The molecular formula is C16H14O3. The van der Waals surface area contributed by atoms with Crippen LogP contribution in [0.4, 0.5) is 0 Å². The minimum absolute atomic E-state index is 0.0378. The second kappa shape index (κ2) is 5.06. The van der Waals surface area contributed by atoms with Crippen molar-refractivity contribution in [2.24, 2.45) is 0 Å². The summed E-state index contributed by atoms with van der Waals surface area (Å²) in [5.74, 6) is -0.897. The molecule has 0 heterocycles. The van der Waals surface area contributed by atoms with Crippen LogP contribution in [0.25, 0.3) is 11.1 Å². The monoisotopic (exact) mass is 254 g/mol. The number of carbonyl (C=O) groups is 2. The van der Waals surface area contributed by atoms with Crippen LogP contribution in [0, 0.1) is 6.92 Å². The standard InChI is InChI=1S/C16H14O3/c1-10-9-14(11(2)17)7-8-15(10)12-3-5-13(6-4-12)16(18)19/h3-9H,1-2H3,(H,18,19). The molecule has 0 aliphatic heterocycles. The lowest BCUT2D eigenvalue weighted by Crippen LogP contribution is -1.96. The molecule has 0 atom stereocenters. The normalized spacial score (nSPS) is 10.2. The summed E-state index contributed by atoms with van der Waals surface area (Å²) in [6.45, 7) is 3.48. The lowest BCUT2D eigenvalue weighted by Gasteiger charge is -2.08. The minimum atomic E-state index is -0.935. The summed E-state index contributed by atoms with van der Waals surface area (Å²) in [5, 5.41) is 8.86. The van der Waals surface area contributed by atoms with Crippen LogP contribution in [0.15, 0.2) is 42.5 Å². The molecule has 0 saturated carbocycles. The topological polar surface area (TPSA) is 54.4 Å². The van der Waals surface area contributed by atoms with Crippen LogP contribution in [-0.2, 0) is 0 Å². The van der Waals surface area contributed by atoms with Crippen LogP contribution >= 0.6 is 0 Å². The molecule has 96 valence electrons. The van der Waals surface area contributed by atoms with Crippen molar-refractivity contribution < 1.29 is 14.7 Å². The van der Waals surface area contributed by atoms with Crippen LogP contribution in [0.5, 0.6) is 0 Å². The third-order valence-corrected chi connectivity index (χ3v) is 3.08. The second-order valence-corrected chi connectivity index (χ2v) is 4.47. The largest absolute Gasteiger partial charge is 0.478 e. The van der Waals surface area contributed by atoms with Crippen molar-refractivity contribution in [3.05, 3.63) is 59.2 Å². The second-order valence-electron chi connectivity index (χ2n) is 4.47. The average Bonchev–Trinajstić information content (AvgIpc) is 2.38. The van der Waals surface area contributed by atoms with Gasteiger partial charge in [0.15, 0.2) is 5.78 Å². The zero-order valence-corrected chi connectivity index (χ0v) is 10.8. The molecule has 0 amide bonds. The Kier molecular flexibility index (Phi) is 3.47. The van der Waals surface area contributed by atoms with Gasteiger partial charge in [0, 0.05) is 5.56 Å². The molecule has 2 aromatic rings. The molecule has 0 radical (unpaired) electrons. The highest BCUT2D eigenvalue weighted by Crippen LogP contribution is 2.24. The summed E-state index contributed by atoms with van der Waals surface area (Å²) in [6.07, 6.45) is 0. The molecule has 0 fully saturated rings. The number of Topliss-reactive ketones (excluding diaryl/α,β-unsaturated/α-hetero) is 1. The van der Waals surface area contributed by atoms with Crippen LogP contribution in [0.1, 0.15) is 33.2 Å². The Morgan fingerprint density at radius 3 is 2.00 bits per heavy atom. The predicted octanol–water partition coefficient (Wildman–Crippen LogP) is 3.56. The lowest BCUT2D eigenvalue weighted by molar-refractivity contribution is 0.0696. The van der Waals surface area contributed by atoms with Crippen molar-refractivity contribution in [1.82, 2.24) is 0 Å². The Labute approximate surface area is 111 Å². The number of benzene rings is 2. The zero-order chi connectivity index (χ0) is 14.0. The number of aryl methyl sites for hydroxylation is 1. The van der Waals surface area contributed by atoms with E-state index in [0.717, 1.165) is 16.7 Å². The van der Waals surface area contributed by atoms with Gasteiger partial charge >= 0.3 is 5.97 Å². The third-order valence-electron chi connectivity index (χ3n) is 3.08. The Hall–Kier alpha value is -2.42. The number of carbonyl (C=O) groups excluding carboxylic acids is 1. The highest BCUT2D eigenvalue weighted by Gasteiger charge is 2.07. The van der Waals surface area contributed by atoms with Crippen LogP contribution in [0.2, 0.25) is 0 Å². The minimum Gasteiger partial charge on any atom is -0.478 e. The number of ketones is 1. The highest BCUT2D eigenvalue weighted by molar-refractivity contribution is 5.95. The van der Waals surface area contributed by atoms with Gasteiger partial charge in [0.05, 0.1) is 5.56 Å². The molecule has 2 aromatic carbocycles. The van der Waals surface area contributed by atoms with E-state index in [2.05, 4.69) is 0 Å². The first kappa shape index (κ1) is 13.0. The van der Waals surface area contributed by atoms with Crippen molar-refractivity contribution in [3.63, 3.8) is 0 Å². The maximum absolute atomic E-state index is 11.3. The molecule has 0 unspecified atom stereocenters. The summed E-state index contributed by atoms with van der Waals surface area (Å²) in [4.78, 5) is 22.1. The maximum atomic E-state index is 11.3. The number of rotatable bonds is 3. The smallest absolute Gasteiger partial charge is 0.335 e. The van der Waals surface area contributed by atoms with Crippen molar-refractivity contribution >= 4 is 11.8 Å². The summed E-state index contributed by atoms with van der Waals surface area (Å²) >= 11 is 0. The van der Waals surface area contributed by atoms with Gasteiger partial charge in [-0.25, -0.2) is 4.79 Å². The summed E-state index contributed by atoms with van der Waals surface area (Å²) in [5.41, 5.74) is 3.89. The first-order chi connectivity index (χ1) is 8.99. The van der Waals surface area contributed by atoms with Gasteiger partial charge in [-0.1, -0.05) is 24.3 Å². The molecule has 2 rings (SSSR count). The van der Waals surface area contributed by atoms with Crippen LogP contribution in [-0.4, -0.2) is 16.9 Å². The van der Waals surface area contributed by atoms with E-state index in [9.17, 15) is 9.59 Å². The fourth-order valence-electron chi connectivity index (χ4n) is 2.00. The number of carboxylic acid groups (broad SMARTS) is 1. The van der Waals surface area contributed by atoms with Gasteiger partial charge in [0.25, 0.3) is 0 Å². The van der Waals surface area contributed by atoms with Crippen molar-refractivity contribution in [1.29, 1.82) is 0 Å². The van der Waals surface area contributed by atoms with E-state index < -0.39 is 5.97 Å². The Morgan fingerprint density at radius 1 is 0.947 bits per heavy atom. The molecule has 1 N–H and O–H groups in total. The Balaban J connectivity index is 2.41. The first-order valence-corrected chi connectivity index (χ1v) is 5.94. The Bertz CT molecular complexity index is 640. The summed E-state index contributed by atoms with van der Waals surface area (Å²) < 4.78 is 0. The average molecular weight is 254 g/mol. The number of hydrogen-bond donors (Lipinski definition) is 1. The van der Waals surface area contributed by atoms with Gasteiger partial charge in [-0.2, -0.15) is 0 Å². The fraction of sp³-hybridized carbons (Fsp3) is 0.125. The number of aromatic carboxylic acids is 1. The zero-order valence-electron chi connectivity index (χ0n) is 10.8. The highest BCUT2D eigenvalue weighted by atomic mass is 16.4. The van der Waals surface area contributed by atoms with Crippen molar-refractivity contribution in [3.8, 4) is 11.1 Å². The van der Waals surface area contributed by atoms with Gasteiger partial charge in [-0.3, -0.25) is 4.79 Å². The van der Waals surface area contributed by atoms with E-state index in [1.54, 1.807) is 30.3 Å². The van der Waals surface area contributed by atoms with Gasteiger partial charge in [-0.15, -0.1) is 0 Å². The van der Waals surface area contributed by atoms with Gasteiger partial charge in [0.2, 0.25) is 0 Å². The maximum Gasteiger partial charge on any atom is 0.335 e. The van der Waals surface area contributed by atoms with Gasteiger partial charge in [0.1, 0.15) is 0 Å². The van der Waals surface area contributed by atoms with E-state index >= 15 is 0 Å². The first-order valence-electron chi connectivity index (χ1n) is 5.94. The Morgan fingerprint density at radius 2 is 1.53 bits per heavy atom. The van der Waals surface area contributed by atoms with Crippen molar-refractivity contribution in [2.75, 3.05) is 0 Å². The van der Waals surface area contributed by atoms with E-state index in [-0.39, 0.29) is 11.3 Å². The SMILES string of the molecule is CC(=O)c1ccc(-c2ccc(C(=O)O)cc2)c(C)c1. The van der Waals surface area contributed by atoms with E-state index in [1.165, 1.54) is 6.92 Å². The lowest BCUT2D eigenvalue weighted by atomic mass is 9.97. The molecule has 3 nitrogen and oxygen atoms in total. The third kappa shape index (κ3) is 2.71. The molecule has 0 aromatic heterocycles.